The third-order valence-electron chi connectivity index (χ3n) is 5.36. The third-order valence-corrected chi connectivity index (χ3v) is 6.74. The molecule has 5 rings (SSSR count). The molecule has 7 heteroatoms. The standard InChI is InChI=1S/C20H20N4O2S/c25-27(26,18-10-9-14-4-1-5-15(14)13-18)23-17-7-2-6-16(12-17)20-22-21-19-8-3-11-24(19)20/h2,6-7,9-10,12-13,23H,1,3-5,8,11H2. The molecular formula is C20H20N4O2S. The quantitative estimate of drug-likeness (QED) is 0.754. The zero-order valence-corrected chi connectivity index (χ0v) is 15.7. The van der Waals surface area contributed by atoms with E-state index in [0.29, 0.717) is 10.6 Å². The molecule has 2 heterocycles. The van der Waals surface area contributed by atoms with Crippen molar-refractivity contribution in [3.63, 3.8) is 0 Å². The van der Waals surface area contributed by atoms with Crippen LogP contribution in [-0.4, -0.2) is 23.2 Å². The molecule has 0 amide bonds. The molecule has 2 aromatic carbocycles. The summed E-state index contributed by atoms with van der Waals surface area (Å²) < 4.78 is 30.5. The van der Waals surface area contributed by atoms with E-state index >= 15 is 0 Å². The summed E-state index contributed by atoms with van der Waals surface area (Å²) in [5.74, 6) is 1.79. The summed E-state index contributed by atoms with van der Waals surface area (Å²) in [6.07, 6.45) is 5.09. The van der Waals surface area contributed by atoms with E-state index in [1.807, 2.05) is 24.3 Å². The molecule has 1 aliphatic heterocycles. The number of benzene rings is 2. The zero-order valence-electron chi connectivity index (χ0n) is 14.9. The van der Waals surface area contributed by atoms with Gasteiger partial charge in [0.2, 0.25) is 0 Å². The van der Waals surface area contributed by atoms with Crippen molar-refractivity contribution >= 4 is 15.7 Å². The molecule has 2 aliphatic rings. The number of fused-ring (bicyclic) bond motifs is 2. The van der Waals surface area contributed by atoms with Crippen LogP contribution < -0.4 is 4.72 Å². The van der Waals surface area contributed by atoms with E-state index in [9.17, 15) is 8.42 Å². The minimum absolute atomic E-state index is 0.317. The highest BCUT2D eigenvalue weighted by molar-refractivity contribution is 7.92. The Morgan fingerprint density at radius 3 is 2.74 bits per heavy atom. The van der Waals surface area contributed by atoms with Crippen LogP contribution in [0.15, 0.2) is 47.4 Å². The van der Waals surface area contributed by atoms with Crippen molar-refractivity contribution in [2.24, 2.45) is 0 Å². The Morgan fingerprint density at radius 1 is 0.926 bits per heavy atom. The molecule has 0 bridgehead atoms. The van der Waals surface area contributed by atoms with Crippen LogP contribution in [0.25, 0.3) is 11.4 Å². The fourth-order valence-corrected chi connectivity index (χ4v) is 5.11. The van der Waals surface area contributed by atoms with Gasteiger partial charge in [-0.25, -0.2) is 8.42 Å². The lowest BCUT2D eigenvalue weighted by Crippen LogP contribution is -2.13. The van der Waals surface area contributed by atoms with Gasteiger partial charge >= 0.3 is 0 Å². The molecule has 1 aromatic heterocycles. The van der Waals surface area contributed by atoms with Gasteiger partial charge in [-0.05, 0) is 61.1 Å². The number of nitrogens with zero attached hydrogens (tertiary/aromatic N) is 3. The molecule has 27 heavy (non-hydrogen) atoms. The van der Waals surface area contributed by atoms with Crippen LogP contribution in [0.1, 0.15) is 29.8 Å². The minimum Gasteiger partial charge on any atom is -0.311 e. The van der Waals surface area contributed by atoms with Gasteiger partial charge in [0.1, 0.15) is 5.82 Å². The fraction of sp³-hybridized carbons (Fsp3) is 0.300. The van der Waals surface area contributed by atoms with E-state index in [2.05, 4.69) is 19.5 Å². The lowest BCUT2D eigenvalue weighted by atomic mass is 10.1. The first kappa shape index (κ1) is 16.5. The summed E-state index contributed by atoms with van der Waals surface area (Å²) in [5, 5.41) is 8.51. The van der Waals surface area contributed by atoms with Crippen molar-refractivity contribution in [2.45, 2.75) is 43.5 Å². The van der Waals surface area contributed by atoms with Crippen LogP contribution in [0.3, 0.4) is 0 Å². The Hall–Kier alpha value is -2.67. The molecule has 3 aromatic rings. The molecule has 138 valence electrons. The second-order valence-corrected chi connectivity index (χ2v) is 8.85. The van der Waals surface area contributed by atoms with Gasteiger partial charge in [0, 0.05) is 24.2 Å². The molecule has 0 atom stereocenters. The maximum absolute atomic E-state index is 12.8. The normalized spacial score (nSPS) is 15.6. The second-order valence-electron chi connectivity index (χ2n) is 7.17. The molecule has 1 N–H and O–H groups in total. The van der Waals surface area contributed by atoms with Crippen molar-refractivity contribution in [2.75, 3.05) is 4.72 Å². The predicted octanol–water partition coefficient (Wildman–Crippen LogP) is 3.18. The van der Waals surface area contributed by atoms with Crippen LogP contribution in [0.5, 0.6) is 0 Å². The molecule has 6 nitrogen and oxygen atoms in total. The number of aryl methyl sites for hydroxylation is 3. The highest BCUT2D eigenvalue weighted by Gasteiger charge is 2.21. The van der Waals surface area contributed by atoms with Crippen LogP contribution in [0.4, 0.5) is 5.69 Å². The van der Waals surface area contributed by atoms with Gasteiger partial charge in [0.15, 0.2) is 5.82 Å². The molecule has 0 spiro atoms. The van der Waals surface area contributed by atoms with E-state index in [1.165, 1.54) is 5.56 Å². The maximum atomic E-state index is 12.8. The van der Waals surface area contributed by atoms with E-state index < -0.39 is 10.0 Å². The van der Waals surface area contributed by atoms with Gasteiger partial charge < -0.3 is 4.57 Å². The van der Waals surface area contributed by atoms with Crippen molar-refractivity contribution in [3.05, 3.63) is 59.4 Å². The van der Waals surface area contributed by atoms with Gasteiger partial charge in [-0.15, -0.1) is 10.2 Å². The Balaban J connectivity index is 1.45. The van der Waals surface area contributed by atoms with E-state index in [0.717, 1.165) is 61.4 Å². The Kier molecular flexibility index (Phi) is 3.79. The molecule has 0 radical (unpaired) electrons. The second kappa shape index (κ2) is 6.20. The van der Waals surface area contributed by atoms with Gasteiger partial charge in [-0.2, -0.15) is 0 Å². The lowest BCUT2D eigenvalue weighted by Gasteiger charge is -2.11. The van der Waals surface area contributed by atoms with Crippen LogP contribution >= 0.6 is 0 Å². The number of sulfonamides is 1. The largest absolute Gasteiger partial charge is 0.311 e. The number of hydrogen-bond acceptors (Lipinski definition) is 4. The van der Waals surface area contributed by atoms with Crippen molar-refractivity contribution in [3.8, 4) is 11.4 Å². The van der Waals surface area contributed by atoms with Crippen molar-refractivity contribution < 1.29 is 8.42 Å². The lowest BCUT2D eigenvalue weighted by molar-refractivity contribution is 0.601. The van der Waals surface area contributed by atoms with Crippen LogP contribution in [0, 0.1) is 0 Å². The first-order valence-electron chi connectivity index (χ1n) is 9.27. The van der Waals surface area contributed by atoms with Crippen molar-refractivity contribution in [1.29, 1.82) is 0 Å². The molecule has 0 fully saturated rings. The number of rotatable bonds is 4. The number of hydrogen-bond donors (Lipinski definition) is 1. The van der Waals surface area contributed by atoms with Gasteiger partial charge in [-0.3, -0.25) is 4.72 Å². The van der Waals surface area contributed by atoms with E-state index in [-0.39, 0.29) is 0 Å². The minimum atomic E-state index is -3.62. The van der Waals surface area contributed by atoms with Gasteiger partial charge in [-0.1, -0.05) is 18.2 Å². The first-order chi connectivity index (χ1) is 13.1. The Bertz CT molecular complexity index is 1130. The highest BCUT2D eigenvalue weighted by Crippen LogP contribution is 2.28. The molecule has 0 saturated heterocycles. The summed E-state index contributed by atoms with van der Waals surface area (Å²) >= 11 is 0. The van der Waals surface area contributed by atoms with E-state index in [4.69, 9.17) is 0 Å². The van der Waals surface area contributed by atoms with Crippen LogP contribution in [0.2, 0.25) is 0 Å². The SMILES string of the molecule is O=S(=O)(Nc1cccc(-c2nnc3n2CCC3)c1)c1ccc2c(c1)CCC2. The zero-order chi connectivity index (χ0) is 18.4. The Labute approximate surface area is 158 Å². The summed E-state index contributed by atoms with van der Waals surface area (Å²) in [6.45, 7) is 0.906. The van der Waals surface area contributed by atoms with Gasteiger partial charge in [0.25, 0.3) is 10.0 Å². The molecule has 0 unspecified atom stereocenters. The number of aromatic nitrogens is 3. The third kappa shape index (κ3) is 2.92. The maximum Gasteiger partial charge on any atom is 0.261 e. The smallest absolute Gasteiger partial charge is 0.261 e. The monoisotopic (exact) mass is 380 g/mol. The molecular weight excluding hydrogens is 360 g/mol. The fourth-order valence-electron chi connectivity index (χ4n) is 4.02. The van der Waals surface area contributed by atoms with E-state index in [1.54, 1.807) is 18.2 Å². The number of anilines is 1. The highest BCUT2D eigenvalue weighted by atomic mass is 32.2. The van der Waals surface area contributed by atoms with Crippen molar-refractivity contribution in [1.82, 2.24) is 14.8 Å². The average Bonchev–Trinajstić information content (AvgIpc) is 3.37. The molecule has 1 aliphatic carbocycles. The summed E-state index contributed by atoms with van der Waals surface area (Å²) in [5.41, 5.74) is 3.80. The first-order valence-corrected chi connectivity index (χ1v) is 10.8. The number of nitrogens with one attached hydrogen (secondary N) is 1. The van der Waals surface area contributed by atoms with Gasteiger partial charge in [0.05, 0.1) is 4.90 Å². The average molecular weight is 380 g/mol. The topological polar surface area (TPSA) is 76.9 Å². The molecule has 0 saturated carbocycles. The summed E-state index contributed by atoms with van der Waals surface area (Å²) in [7, 11) is -3.62. The summed E-state index contributed by atoms with van der Waals surface area (Å²) in [6, 6.07) is 12.8. The Morgan fingerprint density at radius 2 is 1.81 bits per heavy atom. The predicted molar refractivity (Wildman–Crippen MR) is 103 cm³/mol. The summed E-state index contributed by atoms with van der Waals surface area (Å²) in [4.78, 5) is 0.317. The van der Waals surface area contributed by atoms with Crippen LogP contribution in [-0.2, 0) is 35.8 Å².